The number of carbonyl (C=O) groups excluding carboxylic acids is 2. The van der Waals surface area contributed by atoms with E-state index in [9.17, 15) is 9.59 Å². The Morgan fingerprint density at radius 1 is 1.15 bits per heavy atom. The zero-order chi connectivity index (χ0) is 19.8. The summed E-state index contributed by atoms with van der Waals surface area (Å²) in [6, 6.07) is 0. The lowest BCUT2D eigenvalue weighted by atomic mass is 9.77. The van der Waals surface area contributed by atoms with Crippen molar-refractivity contribution >= 4 is 11.8 Å². The van der Waals surface area contributed by atoms with Gasteiger partial charge in [0, 0.05) is 38.0 Å². The van der Waals surface area contributed by atoms with E-state index in [2.05, 4.69) is 23.9 Å². The molecule has 0 saturated carbocycles. The quantitative estimate of drug-likeness (QED) is 0.789. The second-order valence-electron chi connectivity index (χ2n) is 8.96. The van der Waals surface area contributed by atoms with Gasteiger partial charge in [0.05, 0.1) is 12.5 Å². The zero-order valence-electron chi connectivity index (χ0n) is 17.4. The number of nitrogens with zero attached hydrogens (tertiary/aromatic N) is 5. The fourth-order valence-electron chi connectivity index (χ4n) is 4.51. The first kappa shape index (κ1) is 19.8. The van der Waals surface area contributed by atoms with Gasteiger partial charge in [-0.2, -0.15) is 5.10 Å². The molecule has 7 nitrogen and oxygen atoms in total. The van der Waals surface area contributed by atoms with Crippen LogP contribution in [0.3, 0.4) is 0 Å². The maximum absolute atomic E-state index is 12.9. The first-order valence-corrected chi connectivity index (χ1v) is 10.1. The lowest BCUT2D eigenvalue weighted by Crippen LogP contribution is -2.46. The average Bonchev–Trinajstić information content (AvgIpc) is 3.06. The number of carbonyl (C=O) groups is 2. The number of aromatic nitrogens is 3. The number of hydrogen-bond acceptors (Lipinski definition) is 4. The third-order valence-electron chi connectivity index (χ3n) is 5.96. The molecule has 0 aromatic carbocycles. The van der Waals surface area contributed by atoms with E-state index in [1.54, 1.807) is 0 Å². The van der Waals surface area contributed by atoms with Crippen molar-refractivity contribution in [3.05, 3.63) is 11.6 Å². The standard InChI is InChI=1S/C20H33N5O2/c1-14(2)11-24-13-20(10-18(24)26)6-8-23(9-7-20)19(27)15(3)12-25-17(5)21-16(4)22-25/h14-15H,6-13H2,1-5H3. The SMILES string of the molecule is Cc1nc(C)n(CC(C)C(=O)N2CCC3(CC2)CC(=O)N(CC(C)C)C3)n1. The minimum Gasteiger partial charge on any atom is -0.342 e. The number of piperidine rings is 1. The molecule has 1 unspecified atom stereocenters. The summed E-state index contributed by atoms with van der Waals surface area (Å²) in [5.74, 6) is 2.43. The van der Waals surface area contributed by atoms with Crippen LogP contribution in [0, 0.1) is 31.1 Å². The van der Waals surface area contributed by atoms with Gasteiger partial charge in [0.1, 0.15) is 11.6 Å². The molecule has 3 rings (SSSR count). The van der Waals surface area contributed by atoms with E-state index in [1.807, 2.05) is 35.3 Å². The van der Waals surface area contributed by atoms with Gasteiger partial charge < -0.3 is 9.80 Å². The van der Waals surface area contributed by atoms with Crippen LogP contribution in [0.4, 0.5) is 0 Å². The molecule has 2 aliphatic heterocycles. The van der Waals surface area contributed by atoms with Crippen LogP contribution < -0.4 is 0 Å². The summed E-state index contributed by atoms with van der Waals surface area (Å²) in [4.78, 5) is 33.6. The Kier molecular flexibility index (Phi) is 5.58. The van der Waals surface area contributed by atoms with E-state index < -0.39 is 0 Å². The maximum Gasteiger partial charge on any atom is 0.227 e. The molecule has 150 valence electrons. The fourth-order valence-corrected chi connectivity index (χ4v) is 4.51. The van der Waals surface area contributed by atoms with Gasteiger partial charge in [0.2, 0.25) is 11.8 Å². The van der Waals surface area contributed by atoms with Gasteiger partial charge in [-0.3, -0.25) is 9.59 Å². The van der Waals surface area contributed by atoms with Crippen molar-refractivity contribution in [3.63, 3.8) is 0 Å². The molecule has 1 atom stereocenters. The van der Waals surface area contributed by atoms with Gasteiger partial charge in [-0.05, 0) is 32.6 Å². The van der Waals surface area contributed by atoms with E-state index in [0.717, 1.165) is 50.7 Å². The Labute approximate surface area is 162 Å². The van der Waals surface area contributed by atoms with Crippen LogP contribution in [-0.4, -0.2) is 62.6 Å². The highest BCUT2D eigenvalue weighted by Crippen LogP contribution is 2.41. The highest BCUT2D eigenvalue weighted by molar-refractivity contribution is 5.80. The summed E-state index contributed by atoms with van der Waals surface area (Å²) < 4.78 is 1.82. The van der Waals surface area contributed by atoms with Gasteiger partial charge in [0.25, 0.3) is 0 Å². The smallest absolute Gasteiger partial charge is 0.227 e. The van der Waals surface area contributed by atoms with E-state index in [0.29, 0.717) is 18.9 Å². The number of likely N-dealkylation sites (tertiary alicyclic amines) is 2. The summed E-state index contributed by atoms with van der Waals surface area (Å²) in [5, 5.41) is 4.37. The van der Waals surface area contributed by atoms with Crippen molar-refractivity contribution in [1.82, 2.24) is 24.6 Å². The Bertz CT molecular complexity index is 703. The Morgan fingerprint density at radius 2 is 1.81 bits per heavy atom. The molecule has 1 spiro atoms. The molecule has 0 bridgehead atoms. The monoisotopic (exact) mass is 375 g/mol. The Morgan fingerprint density at radius 3 is 2.37 bits per heavy atom. The van der Waals surface area contributed by atoms with Gasteiger partial charge >= 0.3 is 0 Å². The third-order valence-corrected chi connectivity index (χ3v) is 5.96. The highest BCUT2D eigenvalue weighted by Gasteiger charge is 2.45. The fraction of sp³-hybridized carbons (Fsp3) is 0.800. The van der Waals surface area contributed by atoms with Crippen LogP contribution >= 0.6 is 0 Å². The van der Waals surface area contributed by atoms with Crippen LogP contribution in [0.2, 0.25) is 0 Å². The minimum absolute atomic E-state index is 0.0750. The van der Waals surface area contributed by atoms with E-state index in [-0.39, 0.29) is 23.1 Å². The average molecular weight is 376 g/mol. The predicted molar refractivity (Wildman–Crippen MR) is 103 cm³/mol. The van der Waals surface area contributed by atoms with Gasteiger partial charge in [-0.1, -0.05) is 20.8 Å². The molecule has 2 fully saturated rings. The lowest BCUT2D eigenvalue weighted by Gasteiger charge is -2.39. The van der Waals surface area contributed by atoms with Crippen molar-refractivity contribution in [2.75, 3.05) is 26.2 Å². The summed E-state index contributed by atoms with van der Waals surface area (Å²) in [5.41, 5.74) is 0.0750. The van der Waals surface area contributed by atoms with E-state index in [1.165, 1.54) is 0 Å². The topological polar surface area (TPSA) is 71.3 Å². The minimum atomic E-state index is -0.124. The van der Waals surface area contributed by atoms with E-state index >= 15 is 0 Å². The Balaban J connectivity index is 1.55. The van der Waals surface area contributed by atoms with Crippen LogP contribution in [0.5, 0.6) is 0 Å². The second kappa shape index (κ2) is 7.60. The van der Waals surface area contributed by atoms with Crippen LogP contribution in [-0.2, 0) is 16.1 Å². The molecule has 7 heteroatoms. The molecule has 2 amide bonds. The molecular weight excluding hydrogens is 342 g/mol. The summed E-state index contributed by atoms with van der Waals surface area (Å²) in [7, 11) is 0. The largest absolute Gasteiger partial charge is 0.342 e. The van der Waals surface area contributed by atoms with Crippen molar-refractivity contribution in [2.45, 2.75) is 60.4 Å². The van der Waals surface area contributed by atoms with Gasteiger partial charge in [-0.15, -0.1) is 0 Å². The summed E-state index contributed by atoms with van der Waals surface area (Å²) in [6.07, 6.45) is 2.50. The van der Waals surface area contributed by atoms with Crippen LogP contribution in [0.1, 0.15) is 51.7 Å². The molecule has 1 aromatic heterocycles. The molecule has 27 heavy (non-hydrogen) atoms. The first-order chi connectivity index (χ1) is 12.7. The predicted octanol–water partition coefficient (Wildman–Crippen LogP) is 2.03. The second-order valence-corrected chi connectivity index (χ2v) is 8.96. The third kappa shape index (κ3) is 4.33. The number of hydrogen-bond donors (Lipinski definition) is 0. The normalized spacial score (nSPS) is 20.7. The number of aryl methyl sites for hydroxylation is 2. The van der Waals surface area contributed by atoms with E-state index in [4.69, 9.17) is 0 Å². The van der Waals surface area contributed by atoms with Crippen molar-refractivity contribution in [3.8, 4) is 0 Å². The van der Waals surface area contributed by atoms with Gasteiger partial charge in [-0.25, -0.2) is 9.67 Å². The molecular formula is C20H33N5O2. The Hall–Kier alpha value is -1.92. The molecule has 0 radical (unpaired) electrons. The zero-order valence-corrected chi connectivity index (χ0v) is 17.4. The van der Waals surface area contributed by atoms with Crippen molar-refractivity contribution in [1.29, 1.82) is 0 Å². The summed E-state index contributed by atoms with van der Waals surface area (Å²) in [6.45, 7) is 13.8. The molecule has 2 aliphatic rings. The number of rotatable bonds is 5. The van der Waals surface area contributed by atoms with Gasteiger partial charge in [0.15, 0.2) is 0 Å². The highest BCUT2D eigenvalue weighted by atomic mass is 16.2. The van der Waals surface area contributed by atoms with Crippen molar-refractivity contribution in [2.24, 2.45) is 17.3 Å². The van der Waals surface area contributed by atoms with Crippen molar-refractivity contribution < 1.29 is 9.59 Å². The van der Waals surface area contributed by atoms with Crippen LogP contribution in [0.15, 0.2) is 0 Å². The molecule has 1 aromatic rings. The molecule has 0 aliphatic carbocycles. The molecule has 3 heterocycles. The molecule has 2 saturated heterocycles. The van der Waals surface area contributed by atoms with Crippen LogP contribution in [0.25, 0.3) is 0 Å². The first-order valence-electron chi connectivity index (χ1n) is 10.1. The maximum atomic E-state index is 12.9. The number of amides is 2. The molecule has 0 N–H and O–H groups in total. The summed E-state index contributed by atoms with van der Waals surface area (Å²) >= 11 is 0. The lowest BCUT2D eigenvalue weighted by molar-refractivity contribution is -0.137.